The van der Waals surface area contributed by atoms with Gasteiger partial charge in [0.1, 0.15) is 0 Å². The van der Waals surface area contributed by atoms with Crippen LogP contribution in [0.5, 0.6) is 0 Å². The van der Waals surface area contributed by atoms with E-state index in [1.54, 1.807) is 16.3 Å². The summed E-state index contributed by atoms with van der Waals surface area (Å²) in [7, 11) is 1.73. The molecule has 4 rings (SSSR count). The van der Waals surface area contributed by atoms with Crippen molar-refractivity contribution in [2.75, 3.05) is 26.3 Å². The van der Waals surface area contributed by atoms with Crippen molar-refractivity contribution in [1.82, 2.24) is 23.6 Å². The third-order valence-electron chi connectivity index (χ3n) is 4.24. The number of nitrogens with zero attached hydrogens (tertiary/aromatic N) is 5. The fourth-order valence-corrected chi connectivity index (χ4v) is 3.25. The molecule has 1 fully saturated rings. The van der Waals surface area contributed by atoms with Gasteiger partial charge in [-0.25, -0.2) is 4.68 Å². The fraction of sp³-hybridized carbons (Fsp3) is 0.400. The molecule has 3 heterocycles. The number of fused-ring (bicyclic) bond motifs is 3. The third kappa shape index (κ3) is 2.30. The lowest BCUT2D eigenvalue weighted by molar-refractivity contribution is 0.0210. The van der Waals surface area contributed by atoms with Gasteiger partial charge in [-0.15, -0.1) is 5.10 Å². The molecule has 23 heavy (non-hydrogen) atoms. The van der Waals surface area contributed by atoms with Crippen molar-refractivity contribution in [3.05, 3.63) is 39.4 Å². The zero-order chi connectivity index (χ0) is 16.0. The Hall–Kier alpha value is -2.03. The molecule has 7 nitrogen and oxygen atoms in total. The zero-order valence-electron chi connectivity index (χ0n) is 12.8. The predicted molar refractivity (Wildman–Crippen MR) is 89.2 cm³/mol. The molecule has 0 saturated carbocycles. The summed E-state index contributed by atoms with van der Waals surface area (Å²) in [6.45, 7) is 3.77. The lowest BCUT2D eigenvalue weighted by atomic mass is 10.2. The van der Waals surface area contributed by atoms with E-state index < -0.39 is 0 Å². The van der Waals surface area contributed by atoms with Crippen LogP contribution in [0.4, 0.5) is 0 Å². The maximum atomic E-state index is 12.5. The van der Waals surface area contributed by atoms with Gasteiger partial charge < -0.3 is 4.74 Å². The highest BCUT2D eigenvalue weighted by Crippen LogP contribution is 2.13. The molecule has 120 valence electrons. The molecule has 2 aromatic heterocycles. The molecule has 0 atom stereocenters. The van der Waals surface area contributed by atoms with Crippen molar-refractivity contribution in [3.8, 4) is 0 Å². The van der Waals surface area contributed by atoms with Crippen LogP contribution in [0.3, 0.4) is 0 Å². The largest absolute Gasteiger partial charge is 0.379 e. The SMILES string of the molecule is Cn1c(=O)c2ccccc2n2c(=S)n(CN3CCOCC3)nc12. The topological polar surface area (TPSA) is 56.7 Å². The summed E-state index contributed by atoms with van der Waals surface area (Å²) in [5, 5.41) is 5.22. The van der Waals surface area contributed by atoms with Gasteiger partial charge in [0.25, 0.3) is 5.56 Å². The second kappa shape index (κ2) is 5.55. The van der Waals surface area contributed by atoms with Crippen molar-refractivity contribution in [2.24, 2.45) is 7.05 Å². The number of hydrogen-bond donors (Lipinski definition) is 0. The maximum absolute atomic E-state index is 12.5. The summed E-state index contributed by atoms with van der Waals surface area (Å²) < 4.78 is 11.2. The van der Waals surface area contributed by atoms with E-state index in [4.69, 9.17) is 17.0 Å². The highest BCUT2D eigenvalue weighted by atomic mass is 32.1. The quantitative estimate of drug-likeness (QED) is 0.656. The Morgan fingerprint density at radius 2 is 2.00 bits per heavy atom. The number of para-hydroxylation sites is 1. The van der Waals surface area contributed by atoms with Gasteiger partial charge in [-0.1, -0.05) is 12.1 Å². The van der Waals surface area contributed by atoms with Crippen LogP contribution in [0, 0.1) is 4.77 Å². The van der Waals surface area contributed by atoms with E-state index in [9.17, 15) is 4.79 Å². The van der Waals surface area contributed by atoms with E-state index in [1.165, 1.54) is 0 Å². The monoisotopic (exact) mass is 331 g/mol. The first-order chi connectivity index (χ1) is 11.2. The summed E-state index contributed by atoms with van der Waals surface area (Å²) in [4.78, 5) is 14.7. The number of ether oxygens (including phenoxy) is 1. The first-order valence-corrected chi connectivity index (χ1v) is 7.95. The Labute approximate surface area is 137 Å². The van der Waals surface area contributed by atoms with Crippen LogP contribution in [0.2, 0.25) is 0 Å². The minimum atomic E-state index is -0.0633. The Morgan fingerprint density at radius 1 is 1.26 bits per heavy atom. The fourth-order valence-electron chi connectivity index (χ4n) is 2.97. The molecular weight excluding hydrogens is 314 g/mol. The summed E-state index contributed by atoms with van der Waals surface area (Å²) in [5.74, 6) is 0.562. The highest BCUT2D eigenvalue weighted by molar-refractivity contribution is 7.71. The Kier molecular flexibility index (Phi) is 3.51. The van der Waals surface area contributed by atoms with Gasteiger partial charge in [0.2, 0.25) is 10.5 Å². The number of aromatic nitrogens is 4. The van der Waals surface area contributed by atoms with Crippen LogP contribution >= 0.6 is 12.2 Å². The Bertz CT molecular complexity index is 997. The zero-order valence-corrected chi connectivity index (χ0v) is 13.6. The minimum Gasteiger partial charge on any atom is -0.379 e. The van der Waals surface area contributed by atoms with Gasteiger partial charge >= 0.3 is 0 Å². The first-order valence-electron chi connectivity index (χ1n) is 7.54. The highest BCUT2D eigenvalue weighted by Gasteiger charge is 2.16. The summed E-state index contributed by atoms with van der Waals surface area (Å²) in [6.07, 6.45) is 0. The molecule has 0 unspecified atom stereocenters. The smallest absolute Gasteiger partial charge is 0.262 e. The van der Waals surface area contributed by atoms with E-state index in [1.807, 2.05) is 28.7 Å². The Balaban J connectivity index is 1.93. The van der Waals surface area contributed by atoms with E-state index >= 15 is 0 Å². The van der Waals surface area contributed by atoms with Crippen LogP contribution in [-0.2, 0) is 18.5 Å². The number of hydrogen-bond acceptors (Lipinski definition) is 5. The maximum Gasteiger partial charge on any atom is 0.262 e. The summed E-state index contributed by atoms with van der Waals surface area (Å²) >= 11 is 5.62. The van der Waals surface area contributed by atoms with Gasteiger partial charge in [-0.2, -0.15) is 0 Å². The predicted octanol–water partition coefficient (Wildman–Crippen LogP) is 1.01. The molecule has 0 radical (unpaired) electrons. The normalized spacial score (nSPS) is 16.4. The number of aryl methyl sites for hydroxylation is 1. The van der Waals surface area contributed by atoms with Crippen LogP contribution in [-0.4, -0.2) is 50.0 Å². The number of benzene rings is 1. The van der Waals surface area contributed by atoms with Gasteiger partial charge in [0, 0.05) is 20.1 Å². The standard InChI is InChI=1S/C15H17N5O2S/c1-17-13(21)11-4-2-3-5-12(11)20-14(17)16-19(15(20)23)10-18-6-8-22-9-7-18/h2-5H,6-10H2,1H3. The van der Waals surface area contributed by atoms with Crippen molar-refractivity contribution >= 4 is 28.9 Å². The van der Waals surface area contributed by atoms with Gasteiger partial charge in [0.15, 0.2) is 0 Å². The molecule has 1 saturated heterocycles. The van der Waals surface area contributed by atoms with Crippen LogP contribution < -0.4 is 5.56 Å². The van der Waals surface area contributed by atoms with E-state index in [0.29, 0.717) is 22.6 Å². The third-order valence-corrected chi connectivity index (χ3v) is 4.63. The van der Waals surface area contributed by atoms with Gasteiger partial charge in [-0.05, 0) is 24.4 Å². The van der Waals surface area contributed by atoms with Crippen LogP contribution in [0.25, 0.3) is 16.7 Å². The minimum absolute atomic E-state index is 0.0633. The molecule has 0 aliphatic carbocycles. The molecule has 3 aromatic rings. The van der Waals surface area contributed by atoms with Crippen molar-refractivity contribution < 1.29 is 4.74 Å². The second-order valence-corrected chi connectivity index (χ2v) is 6.04. The van der Waals surface area contributed by atoms with Crippen molar-refractivity contribution in [3.63, 3.8) is 0 Å². The lowest BCUT2D eigenvalue weighted by Gasteiger charge is -2.25. The van der Waals surface area contributed by atoms with Gasteiger partial charge in [0.05, 0.1) is 30.8 Å². The molecule has 0 bridgehead atoms. The lowest BCUT2D eigenvalue weighted by Crippen LogP contribution is -2.37. The molecular formula is C15H17N5O2S. The second-order valence-electron chi connectivity index (χ2n) is 5.67. The average Bonchev–Trinajstić information content (AvgIpc) is 2.91. The number of morpholine rings is 1. The molecule has 1 aliphatic heterocycles. The molecule has 8 heteroatoms. The molecule has 0 spiro atoms. The number of rotatable bonds is 2. The van der Waals surface area contributed by atoms with E-state index in [0.717, 1.165) is 31.8 Å². The van der Waals surface area contributed by atoms with Crippen LogP contribution in [0.15, 0.2) is 29.1 Å². The average molecular weight is 331 g/mol. The Morgan fingerprint density at radius 3 is 2.78 bits per heavy atom. The van der Waals surface area contributed by atoms with Gasteiger partial charge in [-0.3, -0.25) is 18.7 Å². The molecule has 1 aliphatic rings. The molecule has 0 N–H and O–H groups in total. The first kappa shape index (κ1) is 14.6. The summed E-state index contributed by atoms with van der Waals surface area (Å²) in [5.41, 5.74) is 0.732. The van der Waals surface area contributed by atoms with Crippen LogP contribution in [0.1, 0.15) is 0 Å². The van der Waals surface area contributed by atoms with Crippen molar-refractivity contribution in [1.29, 1.82) is 0 Å². The molecule has 1 aromatic carbocycles. The van der Waals surface area contributed by atoms with Crippen molar-refractivity contribution in [2.45, 2.75) is 6.67 Å². The summed E-state index contributed by atoms with van der Waals surface area (Å²) in [6, 6.07) is 7.48. The van der Waals surface area contributed by atoms with E-state index in [-0.39, 0.29) is 5.56 Å². The van der Waals surface area contributed by atoms with E-state index in [2.05, 4.69) is 10.00 Å². The molecule has 0 amide bonds.